The number of hydrogen-bond acceptors (Lipinski definition) is 6. The maximum Gasteiger partial charge on any atom is 0.416 e. The van der Waals surface area contributed by atoms with Crippen LogP contribution in [0.5, 0.6) is 0 Å². The molecule has 19 heavy (non-hydrogen) atoms. The highest BCUT2D eigenvalue weighted by Gasteiger charge is 2.30. The predicted octanol–water partition coefficient (Wildman–Crippen LogP) is 2.45. The highest BCUT2D eigenvalue weighted by atomic mass is 32.1. The van der Waals surface area contributed by atoms with E-state index in [0.29, 0.717) is 12.4 Å². The Labute approximate surface area is 116 Å². The first kappa shape index (κ1) is 15.4. The molecule has 1 amide bonds. The SMILES string of the molecule is CCCCOC(=O)N(c1cscn1)[C@@H](C)C(=O)OC. The molecule has 0 unspecified atom stereocenters. The monoisotopic (exact) mass is 286 g/mol. The first-order valence-corrected chi connectivity index (χ1v) is 6.98. The van der Waals surface area contributed by atoms with E-state index in [1.807, 2.05) is 6.92 Å². The number of aromatic nitrogens is 1. The Morgan fingerprint density at radius 2 is 2.26 bits per heavy atom. The number of thiazole rings is 1. The summed E-state index contributed by atoms with van der Waals surface area (Å²) in [5.41, 5.74) is 1.59. The van der Waals surface area contributed by atoms with Gasteiger partial charge in [0, 0.05) is 5.38 Å². The molecule has 0 saturated carbocycles. The van der Waals surface area contributed by atoms with Gasteiger partial charge in [0.15, 0.2) is 0 Å². The lowest BCUT2D eigenvalue weighted by molar-refractivity contribution is -0.141. The van der Waals surface area contributed by atoms with E-state index in [-0.39, 0.29) is 0 Å². The topological polar surface area (TPSA) is 68.7 Å². The van der Waals surface area contributed by atoms with Crippen molar-refractivity contribution in [3.63, 3.8) is 0 Å². The molecule has 0 aliphatic carbocycles. The van der Waals surface area contributed by atoms with Gasteiger partial charge in [-0.05, 0) is 13.3 Å². The standard InChI is InChI=1S/C12H18N2O4S/c1-4-5-6-18-12(16)14(9(2)11(15)17-3)10-7-19-8-13-10/h7-9H,4-6H2,1-3H3/t9-/m0/s1. The number of ether oxygens (including phenoxy) is 2. The number of rotatable bonds is 6. The summed E-state index contributed by atoms with van der Waals surface area (Å²) in [6, 6.07) is -0.777. The summed E-state index contributed by atoms with van der Waals surface area (Å²) >= 11 is 1.34. The fourth-order valence-electron chi connectivity index (χ4n) is 1.42. The summed E-state index contributed by atoms with van der Waals surface area (Å²) in [5.74, 6) is -0.121. The third kappa shape index (κ3) is 4.20. The first-order chi connectivity index (χ1) is 9.11. The van der Waals surface area contributed by atoms with Crippen molar-refractivity contribution >= 4 is 29.2 Å². The van der Waals surface area contributed by atoms with Crippen LogP contribution in [-0.4, -0.2) is 36.8 Å². The molecule has 1 atom stereocenters. The molecular weight excluding hydrogens is 268 g/mol. The van der Waals surface area contributed by atoms with E-state index in [1.54, 1.807) is 17.8 Å². The van der Waals surface area contributed by atoms with Crippen LogP contribution in [0.3, 0.4) is 0 Å². The summed E-state index contributed by atoms with van der Waals surface area (Å²) in [6.07, 6.45) is 1.12. The van der Waals surface area contributed by atoms with Crippen LogP contribution in [0.2, 0.25) is 0 Å². The molecule has 0 aliphatic rings. The minimum atomic E-state index is -0.777. The molecule has 0 fully saturated rings. The largest absolute Gasteiger partial charge is 0.467 e. The van der Waals surface area contributed by atoms with Crippen LogP contribution in [0.4, 0.5) is 10.6 Å². The van der Waals surface area contributed by atoms with E-state index in [0.717, 1.165) is 12.8 Å². The normalized spacial score (nSPS) is 11.7. The average Bonchev–Trinajstić information content (AvgIpc) is 2.92. The smallest absolute Gasteiger partial charge is 0.416 e. The third-order valence-corrected chi connectivity index (χ3v) is 3.09. The predicted molar refractivity (Wildman–Crippen MR) is 72.3 cm³/mol. The average molecular weight is 286 g/mol. The lowest BCUT2D eigenvalue weighted by atomic mass is 10.3. The number of hydrogen-bond donors (Lipinski definition) is 0. The zero-order valence-electron chi connectivity index (χ0n) is 11.3. The molecule has 6 nitrogen and oxygen atoms in total. The maximum atomic E-state index is 12.0. The lowest BCUT2D eigenvalue weighted by Crippen LogP contribution is -2.44. The van der Waals surface area contributed by atoms with Gasteiger partial charge in [-0.25, -0.2) is 19.5 Å². The Kier molecular flexibility index (Phi) is 6.27. The fraction of sp³-hybridized carbons (Fsp3) is 0.583. The summed E-state index contributed by atoms with van der Waals surface area (Å²) in [6.45, 7) is 3.90. The summed E-state index contributed by atoms with van der Waals surface area (Å²) in [4.78, 5) is 28.9. The number of carbonyl (C=O) groups is 2. The number of methoxy groups -OCH3 is 1. The van der Waals surface area contributed by atoms with Crippen LogP contribution in [0.25, 0.3) is 0 Å². The van der Waals surface area contributed by atoms with Crippen LogP contribution in [0.1, 0.15) is 26.7 Å². The molecule has 1 aromatic heterocycles. The van der Waals surface area contributed by atoms with Crippen molar-refractivity contribution in [2.45, 2.75) is 32.7 Å². The summed E-state index contributed by atoms with van der Waals surface area (Å²) < 4.78 is 9.78. The lowest BCUT2D eigenvalue weighted by Gasteiger charge is -2.24. The molecule has 0 aromatic carbocycles. The second-order valence-electron chi connectivity index (χ2n) is 3.88. The van der Waals surface area contributed by atoms with Gasteiger partial charge in [-0.2, -0.15) is 0 Å². The van der Waals surface area contributed by atoms with Crippen molar-refractivity contribution in [3.05, 3.63) is 10.9 Å². The Hall–Kier alpha value is -1.63. The van der Waals surface area contributed by atoms with E-state index >= 15 is 0 Å². The van der Waals surface area contributed by atoms with Crippen LogP contribution < -0.4 is 4.90 Å². The molecule has 1 aromatic rings. The van der Waals surface area contributed by atoms with E-state index in [9.17, 15) is 9.59 Å². The third-order valence-electron chi connectivity index (χ3n) is 2.52. The van der Waals surface area contributed by atoms with Crippen molar-refractivity contribution in [2.24, 2.45) is 0 Å². The van der Waals surface area contributed by atoms with Crippen molar-refractivity contribution in [2.75, 3.05) is 18.6 Å². The van der Waals surface area contributed by atoms with Gasteiger partial charge in [0.2, 0.25) is 0 Å². The second-order valence-corrected chi connectivity index (χ2v) is 4.60. The van der Waals surface area contributed by atoms with Crippen LogP contribution >= 0.6 is 11.3 Å². The van der Waals surface area contributed by atoms with Gasteiger partial charge in [-0.1, -0.05) is 13.3 Å². The van der Waals surface area contributed by atoms with E-state index in [1.165, 1.54) is 23.3 Å². The van der Waals surface area contributed by atoms with Gasteiger partial charge >= 0.3 is 12.1 Å². The molecule has 0 radical (unpaired) electrons. The Morgan fingerprint density at radius 3 is 2.79 bits per heavy atom. The van der Waals surface area contributed by atoms with Crippen molar-refractivity contribution in [3.8, 4) is 0 Å². The summed E-state index contributed by atoms with van der Waals surface area (Å²) in [7, 11) is 1.28. The minimum absolute atomic E-state index is 0.323. The Bertz CT molecular complexity index is 408. The van der Waals surface area contributed by atoms with Crippen LogP contribution in [0, 0.1) is 0 Å². The number of nitrogens with zero attached hydrogens (tertiary/aromatic N) is 2. The van der Waals surface area contributed by atoms with Crippen LogP contribution in [0.15, 0.2) is 10.9 Å². The number of amides is 1. The Balaban J connectivity index is 2.81. The maximum absolute atomic E-state index is 12.0. The highest BCUT2D eigenvalue weighted by Crippen LogP contribution is 2.19. The molecule has 1 rings (SSSR count). The minimum Gasteiger partial charge on any atom is -0.467 e. The Morgan fingerprint density at radius 1 is 1.53 bits per heavy atom. The van der Waals surface area contributed by atoms with Crippen LogP contribution in [-0.2, 0) is 14.3 Å². The van der Waals surface area contributed by atoms with E-state index < -0.39 is 18.1 Å². The van der Waals surface area contributed by atoms with Crippen molar-refractivity contribution in [1.29, 1.82) is 0 Å². The quantitative estimate of drug-likeness (QED) is 0.593. The molecule has 0 aliphatic heterocycles. The molecule has 106 valence electrons. The molecule has 0 spiro atoms. The number of esters is 1. The van der Waals surface area contributed by atoms with Gasteiger partial charge in [0.25, 0.3) is 0 Å². The molecule has 0 bridgehead atoms. The van der Waals surface area contributed by atoms with E-state index in [4.69, 9.17) is 4.74 Å². The highest BCUT2D eigenvalue weighted by molar-refractivity contribution is 7.07. The number of carbonyl (C=O) groups excluding carboxylic acids is 2. The number of anilines is 1. The summed E-state index contributed by atoms with van der Waals surface area (Å²) in [5, 5.41) is 1.68. The zero-order chi connectivity index (χ0) is 14.3. The van der Waals surface area contributed by atoms with Gasteiger partial charge < -0.3 is 9.47 Å². The zero-order valence-corrected chi connectivity index (χ0v) is 12.1. The van der Waals surface area contributed by atoms with Gasteiger partial charge in [-0.3, -0.25) is 0 Å². The van der Waals surface area contributed by atoms with Crippen molar-refractivity contribution < 1.29 is 19.1 Å². The fourth-order valence-corrected chi connectivity index (χ4v) is 1.95. The van der Waals surface area contributed by atoms with Crippen molar-refractivity contribution in [1.82, 2.24) is 4.98 Å². The van der Waals surface area contributed by atoms with E-state index in [2.05, 4.69) is 9.72 Å². The van der Waals surface area contributed by atoms with Gasteiger partial charge in [0.1, 0.15) is 11.9 Å². The van der Waals surface area contributed by atoms with Gasteiger partial charge in [0.05, 0.1) is 19.2 Å². The first-order valence-electron chi connectivity index (χ1n) is 6.03. The molecule has 7 heteroatoms. The second kappa shape index (κ2) is 7.73. The van der Waals surface area contributed by atoms with Gasteiger partial charge in [-0.15, -0.1) is 11.3 Å². The number of unbranched alkanes of at least 4 members (excludes halogenated alkanes) is 1. The molecule has 1 heterocycles. The molecule has 0 saturated heterocycles. The molecule has 0 N–H and O–H groups in total. The molecular formula is C12H18N2O4S.